The lowest BCUT2D eigenvalue weighted by Crippen LogP contribution is -2.29. The van der Waals surface area contributed by atoms with Gasteiger partial charge in [0.2, 0.25) is 11.8 Å². The van der Waals surface area contributed by atoms with Gasteiger partial charge in [-0.15, -0.1) is 10.2 Å². The van der Waals surface area contributed by atoms with E-state index >= 15 is 0 Å². The molecule has 0 spiro atoms. The Morgan fingerprint density at radius 3 is 2.45 bits per heavy atom. The summed E-state index contributed by atoms with van der Waals surface area (Å²) in [4.78, 5) is 0. The van der Waals surface area contributed by atoms with Gasteiger partial charge in [0.25, 0.3) is 0 Å². The quantitative estimate of drug-likeness (QED) is 0.778. The number of benzene rings is 1. The molecule has 0 aliphatic carbocycles. The smallest absolute Gasteiger partial charge is 0.423 e. The molecule has 2 rings (SSSR count). The van der Waals surface area contributed by atoms with Crippen LogP contribution in [0, 0.1) is 5.92 Å². The first-order valence-corrected chi connectivity index (χ1v) is 6.85. The number of rotatable bonds is 6. The SMILES string of the molecule is CC(C)CCCc1nnc(-c2ccc(B(O)O)cc2)o1. The summed E-state index contributed by atoms with van der Waals surface area (Å²) in [6.07, 6.45) is 2.97. The third-order valence-corrected chi connectivity index (χ3v) is 3.09. The van der Waals surface area contributed by atoms with Gasteiger partial charge in [-0.1, -0.05) is 32.4 Å². The maximum atomic E-state index is 9.04. The van der Waals surface area contributed by atoms with Crippen LogP contribution in [0.15, 0.2) is 28.7 Å². The Hall–Kier alpha value is -1.66. The molecule has 20 heavy (non-hydrogen) atoms. The highest BCUT2D eigenvalue weighted by Gasteiger charge is 2.12. The second kappa shape index (κ2) is 6.68. The first-order chi connectivity index (χ1) is 9.56. The van der Waals surface area contributed by atoms with Crippen molar-refractivity contribution in [3.63, 3.8) is 0 Å². The fraction of sp³-hybridized carbons (Fsp3) is 0.429. The molecular weight excluding hydrogens is 255 g/mol. The van der Waals surface area contributed by atoms with Crippen LogP contribution in [0.25, 0.3) is 11.5 Å². The molecule has 0 bridgehead atoms. The van der Waals surface area contributed by atoms with Gasteiger partial charge in [-0.3, -0.25) is 0 Å². The molecule has 6 heteroatoms. The zero-order valence-corrected chi connectivity index (χ0v) is 11.8. The Morgan fingerprint density at radius 1 is 1.15 bits per heavy atom. The van der Waals surface area contributed by atoms with E-state index in [1.165, 1.54) is 0 Å². The second-order valence-corrected chi connectivity index (χ2v) is 5.28. The van der Waals surface area contributed by atoms with Gasteiger partial charge in [-0.2, -0.15) is 0 Å². The lowest BCUT2D eigenvalue weighted by Gasteiger charge is -2.01. The van der Waals surface area contributed by atoms with Crippen molar-refractivity contribution in [3.8, 4) is 11.5 Å². The summed E-state index contributed by atoms with van der Waals surface area (Å²) in [6.45, 7) is 4.38. The van der Waals surface area contributed by atoms with Crippen molar-refractivity contribution in [1.29, 1.82) is 0 Å². The number of hydrogen-bond acceptors (Lipinski definition) is 5. The summed E-state index contributed by atoms with van der Waals surface area (Å²) in [5.74, 6) is 1.78. The highest BCUT2D eigenvalue weighted by molar-refractivity contribution is 6.58. The van der Waals surface area contributed by atoms with Gasteiger partial charge in [0.1, 0.15) is 0 Å². The van der Waals surface area contributed by atoms with Gasteiger partial charge in [0.15, 0.2) is 0 Å². The van der Waals surface area contributed by atoms with Crippen molar-refractivity contribution in [3.05, 3.63) is 30.2 Å². The maximum absolute atomic E-state index is 9.04. The first-order valence-electron chi connectivity index (χ1n) is 6.85. The van der Waals surface area contributed by atoms with E-state index in [-0.39, 0.29) is 0 Å². The molecule has 0 radical (unpaired) electrons. The standard InChI is InChI=1S/C14H19BN2O3/c1-10(2)4-3-5-13-16-17-14(20-13)11-6-8-12(9-7-11)15(18)19/h6-10,18-19H,3-5H2,1-2H3. The van der Waals surface area contributed by atoms with E-state index in [0.717, 1.165) is 24.8 Å². The predicted octanol–water partition coefficient (Wildman–Crippen LogP) is 1.40. The predicted molar refractivity (Wildman–Crippen MR) is 77.3 cm³/mol. The molecule has 2 aromatic rings. The largest absolute Gasteiger partial charge is 0.488 e. The van der Waals surface area contributed by atoms with Crippen LogP contribution < -0.4 is 5.46 Å². The van der Waals surface area contributed by atoms with Crippen molar-refractivity contribution in [2.24, 2.45) is 5.92 Å². The Balaban J connectivity index is 2.01. The Labute approximate surface area is 118 Å². The Morgan fingerprint density at radius 2 is 1.85 bits per heavy atom. The minimum Gasteiger partial charge on any atom is -0.423 e. The van der Waals surface area contributed by atoms with Gasteiger partial charge in [0, 0.05) is 12.0 Å². The molecule has 0 saturated carbocycles. The van der Waals surface area contributed by atoms with Crippen LogP contribution in [0.1, 0.15) is 32.6 Å². The summed E-state index contributed by atoms with van der Waals surface area (Å²) in [5.41, 5.74) is 1.21. The molecule has 0 saturated heterocycles. The summed E-state index contributed by atoms with van der Waals surface area (Å²) in [5, 5.41) is 26.1. The van der Waals surface area contributed by atoms with Crippen LogP contribution in [0.4, 0.5) is 0 Å². The summed E-state index contributed by atoms with van der Waals surface area (Å²) >= 11 is 0. The maximum Gasteiger partial charge on any atom is 0.488 e. The molecular formula is C14H19BN2O3. The van der Waals surface area contributed by atoms with Crippen LogP contribution in [-0.4, -0.2) is 27.4 Å². The molecule has 1 aromatic carbocycles. The van der Waals surface area contributed by atoms with E-state index in [1.54, 1.807) is 24.3 Å². The fourth-order valence-electron chi connectivity index (χ4n) is 1.93. The Bertz CT molecular complexity index is 538. The van der Waals surface area contributed by atoms with E-state index in [2.05, 4.69) is 24.0 Å². The number of nitrogens with zero attached hydrogens (tertiary/aromatic N) is 2. The molecule has 0 aliphatic rings. The third kappa shape index (κ3) is 3.92. The molecule has 0 unspecified atom stereocenters. The molecule has 0 amide bonds. The highest BCUT2D eigenvalue weighted by Crippen LogP contribution is 2.18. The van der Waals surface area contributed by atoms with Crippen LogP contribution in [-0.2, 0) is 6.42 Å². The van der Waals surface area contributed by atoms with Crippen molar-refractivity contribution in [1.82, 2.24) is 10.2 Å². The Kier molecular flexibility index (Phi) is 4.92. The van der Waals surface area contributed by atoms with E-state index in [1.807, 2.05) is 0 Å². The van der Waals surface area contributed by atoms with Gasteiger partial charge in [0.05, 0.1) is 0 Å². The van der Waals surface area contributed by atoms with Crippen molar-refractivity contribution in [2.75, 3.05) is 0 Å². The number of aryl methyl sites for hydroxylation is 1. The summed E-state index contributed by atoms with van der Waals surface area (Å²) in [6, 6.07) is 6.73. The monoisotopic (exact) mass is 274 g/mol. The number of hydrogen-bond donors (Lipinski definition) is 2. The average molecular weight is 274 g/mol. The van der Waals surface area contributed by atoms with Crippen LogP contribution in [0.5, 0.6) is 0 Å². The van der Waals surface area contributed by atoms with Crippen molar-refractivity contribution in [2.45, 2.75) is 33.1 Å². The molecule has 1 aromatic heterocycles. The van der Waals surface area contributed by atoms with E-state index in [4.69, 9.17) is 14.5 Å². The van der Waals surface area contributed by atoms with Crippen LogP contribution in [0.3, 0.4) is 0 Å². The molecule has 5 nitrogen and oxygen atoms in total. The number of aromatic nitrogens is 2. The highest BCUT2D eigenvalue weighted by atomic mass is 16.4. The molecule has 0 aliphatic heterocycles. The van der Waals surface area contributed by atoms with Gasteiger partial charge in [-0.05, 0) is 29.9 Å². The summed E-state index contributed by atoms with van der Waals surface area (Å²) < 4.78 is 5.60. The van der Waals surface area contributed by atoms with E-state index < -0.39 is 7.12 Å². The van der Waals surface area contributed by atoms with E-state index in [0.29, 0.717) is 23.2 Å². The fourth-order valence-corrected chi connectivity index (χ4v) is 1.93. The third-order valence-electron chi connectivity index (χ3n) is 3.09. The van der Waals surface area contributed by atoms with E-state index in [9.17, 15) is 0 Å². The zero-order valence-electron chi connectivity index (χ0n) is 11.8. The van der Waals surface area contributed by atoms with Crippen molar-refractivity contribution >= 4 is 12.6 Å². The molecule has 1 heterocycles. The molecule has 2 N–H and O–H groups in total. The lowest BCUT2D eigenvalue weighted by molar-refractivity contribution is 0.425. The second-order valence-electron chi connectivity index (χ2n) is 5.28. The minimum atomic E-state index is -1.46. The molecule has 0 fully saturated rings. The van der Waals surface area contributed by atoms with Gasteiger partial charge < -0.3 is 14.5 Å². The normalized spacial score (nSPS) is 11.1. The minimum absolute atomic E-state index is 0.436. The average Bonchev–Trinajstić information content (AvgIpc) is 2.87. The topological polar surface area (TPSA) is 79.4 Å². The lowest BCUT2D eigenvalue weighted by atomic mass is 9.80. The van der Waals surface area contributed by atoms with Gasteiger partial charge >= 0.3 is 7.12 Å². The van der Waals surface area contributed by atoms with Crippen LogP contribution >= 0.6 is 0 Å². The molecule has 106 valence electrons. The van der Waals surface area contributed by atoms with Gasteiger partial charge in [-0.25, -0.2) is 0 Å². The van der Waals surface area contributed by atoms with Crippen LogP contribution in [0.2, 0.25) is 0 Å². The van der Waals surface area contributed by atoms with Crippen molar-refractivity contribution < 1.29 is 14.5 Å². The zero-order chi connectivity index (χ0) is 14.5. The molecule has 0 atom stereocenters. The summed E-state index contributed by atoms with van der Waals surface area (Å²) in [7, 11) is -1.46. The first kappa shape index (κ1) is 14.7.